The normalized spacial score (nSPS) is 14.9. The number of aromatic nitrogens is 2. The first-order valence-electron chi connectivity index (χ1n) is 6.99. The van der Waals surface area contributed by atoms with Crippen LogP contribution in [-0.4, -0.2) is 34.3 Å². The van der Waals surface area contributed by atoms with Gasteiger partial charge in [0.05, 0.1) is 23.5 Å². The van der Waals surface area contributed by atoms with E-state index in [0.717, 1.165) is 22.5 Å². The molecule has 1 fully saturated rings. The number of aryl methyl sites for hydroxylation is 1. The summed E-state index contributed by atoms with van der Waals surface area (Å²) in [6.07, 6.45) is 0.866. The van der Waals surface area contributed by atoms with Gasteiger partial charge >= 0.3 is 0 Å². The minimum atomic E-state index is -0.138. The summed E-state index contributed by atoms with van der Waals surface area (Å²) in [5.41, 5.74) is 2.63. The fourth-order valence-corrected chi connectivity index (χ4v) is 3.08. The number of hydrogen-bond acceptors (Lipinski definition) is 6. The van der Waals surface area contributed by atoms with Crippen molar-refractivity contribution in [1.29, 1.82) is 0 Å². The Labute approximate surface area is 130 Å². The number of thiazole rings is 1. The molecular weight excluding hydrogens is 302 g/mol. The lowest BCUT2D eigenvalue weighted by atomic mass is 10.1. The molecule has 0 unspecified atom stereocenters. The van der Waals surface area contributed by atoms with E-state index < -0.39 is 0 Å². The van der Waals surface area contributed by atoms with Crippen molar-refractivity contribution in [3.63, 3.8) is 0 Å². The summed E-state index contributed by atoms with van der Waals surface area (Å²) < 4.78 is 5.33. The molecule has 1 saturated heterocycles. The van der Waals surface area contributed by atoms with Gasteiger partial charge in [-0.3, -0.25) is 9.63 Å². The topological polar surface area (TPSA) is 68.5 Å². The van der Waals surface area contributed by atoms with Gasteiger partial charge in [0.2, 0.25) is 0 Å². The van der Waals surface area contributed by atoms with Crippen LogP contribution in [0.3, 0.4) is 0 Å². The standard InChI is InChI=1S/C15H13N3O3S/c1-9-16-12(8-22-9)14-11-7-10(3-4-13(11)21-17-14)15(19)18-5-2-6-20-18/h3-4,7-8H,2,5-6H2,1H3. The minimum absolute atomic E-state index is 0.138. The third kappa shape index (κ3) is 2.18. The van der Waals surface area contributed by atoms with E-state index in [9.17, 15) is 4.79 Å². The Morgan fingerprint density at radius 3 is 3.05 bits per heavy atom. The Kier molecular flexibility index (Phi) is 3.16. The predicted octanol–water partition coefficient (Wildman–Crippen LogP) is 3.04. The van der Waals surface area contributed by atoms with E-state index in [-0.39, 0.29) is 5.91 Å². The van der Waals surface area contributed by atoms with Crippen LogP contribution in [0.2, 0.25) is 0 Å². The number of hydrogen-bond donors (Lipinski definition) is 0. The van der Waals surface area contributed by atoms with Crippen LogP contribution in [0, 0.1) is 6.92 Å². The predicted molar refractivity (Wildman–Crippen MR) is 81.5 cm³/mol. The Balaban J connectivity index is 1.77. The highest BCUT2D eigenvalue weighted by Crippen LogP contribution is 2.30. The van der Waals surface area contributed by atoms with E-state index in [4.69, 9.17) is 9.36 Å². The summed E-state index contributed by atoms with van der Waals surface area (Å²) in [6, 6.07) is 5.28. The number of hydroxylamine groups is 2. The average Bonchev–Trinajstić information content (AvgIpc) is 3.25. The zero-order valence-corrected chi connectivity index (χ0v) is 12.7. The summed E-state index contributed by atoms with van der Waals surface area (Å²) in [7, 11) is 0. The van der Waals surface area contributed by atoms with E-state index in [1.165, 1.54) is 5.06 Å². The monoisotopic (exact) mass is 315 g/mol. The van der Waals surface area contributed by atoms with Gasteiger partial charge in [-0.2, -0.15) is 0 Å². The van der Waals surface area contributed by atoms with Gasteiger partial charge in [0.1, 0.15) is 11.4 Å². The Bertz CT molecular complexity index is 849. The summed E-state index contributed by atoms with van der Waals surface area (Å²) in [4.78, 5) is 22.1. The van der Waals surface area contributed by atoms with Crippen molar-refractivity contribution in [1.82, 2.24) is 15.2 Å². The lowest BCUT2D eigenvalue weighted by Crippen LogP contribution is -2.26. The van der Waals surface area contributed by atoms with Crippen molar-refractivity contribution < 1.29 is 14.2 Å². The van der Waals surface area contributed by atoms with E-state index >= 15 is 0 Å². The van der Waals surface area contributed by atoms with Crippen molar-refractivity contribution in [2.45, 2.75) is 13.3 Å². The third-order valence-electron chi connectivity index (χ3n) is 3.56. The number of carbonyl (C=O) groups is 1. The first kappa shape index (κ1) is 13.4. The maximum absolute atomic E-state index is 12.4. The molecule has 0 atom stereocenters. The second kappa shape index (κ2) is 5.19. The first-order chi connectivity index (χ1) is 10.7. The maximum Gasteiger partial charge on any atom is 0.277 e. The van der Waals surface area contributed by atoms with E-state index in [1.807, 2.05) is 12.3 Å². The van der Waals surface area contributed by atoms with Crippen LogP contribution >= 0.6 is 11.3 Å². The molecule has 0 bridgehead atoms. The molecule has 1 amide bonds. The van der Waals surface area contributed by atoms with Gasteiger partial charge in [-0.25, -0.2) is 10.0 Å². The first-order valence-corrected chi connectivity index (χ1v) is 7.87. The Morgan fingerprint density at radius 1 is 1.41 bits per heavy atom. The summed E-state index contributed by atoms with van der Waals surface area (Å²) in [5.74, 6) is -0.138. The fourth-order valence-electron chi connectivity index (χ4n) is 2.48. The molecule has 0 saturated carbocycles. The van der Waals surface area contributed by atoms with Crippen LogP contribution in [0.1, 0.15) is 21.8 Å². The molecule has 22 heavy (non-hydrogen) atoms. The zero-order chi connectivity index (χ0) is 15.1. The highest BCUT2D eigenvalue weighted by molar-refractivity contribution is 7.09. The molecule has 7 heteroatoms. The quantitative estimate of drug-likeness (QED) is 0.727. The molecule has 0 aliphatic carbocycles. The van der Waals surface area contributed by atoms with E-state index in [0.29, 0.717) is 30.0 Å². The van der Waals surface area contributed by atoms with Crippen LogP contribution in [0.25, 0.3) is 22.4 Å². The van der Waals surface area contributed by atoms with Crippen molar-refractivity contribution in [2.75, 3.05) is 13.2 Å². The van der Waals surface area contributed by atoms with Crippen LogP contribution in [0.15, 0.2) is 28.1 Å². The molecule has 6 nitrogen and oxygen atoms in total. The van der Waals surface area contributed by atoms with Crippen molar-refractivity contribution in [3.8, 4) is 11.4 Å². The van der Waals surface area contributed by atoms with E-state index in [2.05, 4.69) is 10.1 Å². The average molecular weight is 315 g/mol. The molecule has 4 rings (SSSR count). The summed E-state index contributed by atoms with van der Waals surface area (Å²) in [5, 5.41) is 9.18. The lowest BCUT2D eigenvalue weighted by molar-refractivity contribution is -0.0768. The molecule has 0 N–H and O–H groups in total. The molecule has 0 spiro atoms. The third-order valence-corrected chi connectivity index (χ3v) is 4.33. The van der Waals surface area contributed by atoms with Gasteiger partial charge < -0.3 is 4.52 Å². The summed E-state index contributed by atoms with van der Waals surface area (Å²) in [6.45, 7) is 3.15. The van der Waals surface area contributed by atoms with Gasteiger partial charge in [-0.15, -0.1) is 11.3 Å². The molecule has 112 valence electrons. The van der Waals surface area contributed by atoms with Gasteiger partial charge in [0.25, 0.3) is 5.91 Å². The number of benzene rings is 1. The SMILES string of the molecule is Cc1nc(-c2noc3ccc(C(=O)N4CCCO4)cc23)cs1. The van der Waals surface area contributed by atoms with E-state index in [1.54, 1.807) is 29.5 Å². The second-order valence-electron chi connectivity index (χ2n) is 5.09. The number of rotatable bonds is 2. The fraction of sp³-hybridized carbons (Fsp3) is 0.267. The van der Waals surface area contributed by atoms with Crippen LogP contribution < -0.4 is 0 Å². The Hall–Kier alpha value is -2.25. The largest absolute Gasteiger partial charge is 0.356 e. The van der Waals surface area contributed by atoms with Crippen molar-refractivity contribution in [3.05, 3.63) is 34.2 Å². The molecule has 3 heterocycles. The number of amides is 1. The summed E-state index contributed by atoms with van der Waals surface area (Å²) >= 11 is 1.55. The van der Waals surface area contributed by atoms with Crippen molar-refractivity contribution in [2.24, 2.45) is 0 Å². The molecule has 1 aromatic carbocycles. The zero-order valence-electron chi connectivity index (χ0n) is 11.9. The molecule has 1 aliphatic heterocycles. The highest BCUT2D eigenvalue weighted by atomic mass is 32.1. The smallest absolute Gasteiger partial charge is 0.277 e. The van der Waals surface area contributed by atoms with Crippen LogP contribution in [0.4, 0.5) is 0 Å². The van der Waals surface area contributed by atoms with Gasteiger partial charge in [-0.05, 0) is 31.5 Å². The van der Waals surface area contributed by atoms with Crippen LogP contribution in [-0.2, 0) is 4.84 Å². The highest BCUT2D eigenvalue weighted by Gasteiger charge is 2.22. The maximum atomic E-state index is 12.4. The molecule has 2 aromatic heterocycles. The minimum Gasteiger partial charge on any atom is -0.356 e. The second-order valence-corrected chi connectivity index (χ2v) is 6.15. The van der Waals surface area contributed by atoms with Gasteiger partial charge in [0, 0.05) is 10.9 Å². The molecule has 3 aromatic rings. The van der Waals surface area contributed by atoms with Gasteiger partial charge in [0.15, 0.2) is 5.58 Å². The Morgan fingerprint density at radius 2 is 2.32 bits per heavy atom. The van der Waals surface area contributed by atoms with Gasteiger partial charge in [-0.1, -0.05) is 5.16 Å². The number of carbonyl (C=O) groups excluding carboxylic acids is 1. The lowest BCUT2D eigenvalue weighted by Gasteiger charge is -2.13. The number of nitrogens with zero attached hydrogens (tertiary/aromatic N) is 3. The molecule has 1 aliphatic rings. The van der Waals surface area contributed by atoms with Crippen LogP contribution in [0.5, 0.6) is 0 Å². The molecular formula is C15H13N3O3S. The number of fused-ring (bicyclic) bond motifs is 1. The van der Waals surface area contributed by atoms with Crippen molar-refractivity contribution >= 4 is 28.2 Å². The molecule has 0 radical (unpaired) electrons.